The molecule has 0 amide bonds. The van der Waals surface area contributed by atoms with Gasteiger partial charge in [-0.1, -0.05) is 19.3 Å². The zero-order chi connectivity index (χ0) is 6.69. The second kappa shape index (κ2) is 3.50. The first kappa shape index (κ1) is 7.46. The summed E-state index contributed by atoms with van der Waals surface area (Å²) in [6, 6.07) is 0. The van der Waals surface area contributed by atoms with E-state index in [-0.39, 0.29) is 5.66 Å². The van der Waals surface area contributed by atoms with Crippen molar-refractivity contribution < 1.29 is 9.79 Å². The lowest BCUT2D eigenvalue weighted by molar-refractivity contribution is 0.420. The molecule has 1 fully saturated rings. The molecule has 0 aliphatic heterocycles. The molecule has 0 radical (unpaired) electrons. The van der Waals surface area contributed by atoms with Crippen LogP contribution in [0.2, 0.25) is 0 Å². The fraction of sp³-hybridized carbons (Fsp3) is 1.00. The number of hydrogen-bond acceptors (Lipinski definition) is 2. The summed E-state index contributed by atoms with van der Waals surface area (Å²) in [5.74, 6) is 0. The van der Waals surface area contributed by atoms with Crippen molar-refractivity contribution in [1.82, 2.24) is 0 Å². The lowest BCUT2D eigenvalue weighted by Gasteiger charge is -2.21. The largest absolute Gasteiger partial charge is 0.350 e. The van der Waals surface area contributed by atoms with Crippen molar-refractivity contribution in [1.29, 1.82) is 0 Å². The normalized spacial score (nSPS) is 23.0. The summed E-state index contributed by atoms with van der Waals surface area (Å²) < 4.78 is 0. The van der Waals surface area contributed by atoms with E-state index in [4.69, 9.17) is 9.79 Å². The van der Waals surface area contributed by atoms with Gasteiger partial charge < -0.3 is 9.79 Å². The van der Waals surface area contributed by atoms with E-state index in [0.29, 0.717) is 0 Å². The second-order valence-corrected chi connectivity index (χ2v) is 3.98. The van der Waals surface area contributed by atoms with Crippen LogP contribution in [0.3, 0.4) is 0 Å². The summed E-state index contributed by atoms with van der Waals surface area (Å²) in [5, 5.41) is 0. The maximum atomic E-state index is 8.80. The van der Waals surface area contributed by atoms with Crippen LogP contribution in [0.4, 0.5) is 0 Å². The quantitative estimate of drug-likeness (QED) is 0.554. The highest BCUT2D eigenvalue weighted by Gasteiger charge is 2.19. The third-order valence-corrected chi connectivity index (χ3v) is 3.07. The molecule has 1 saturated carbocycles. The van der Waals surface area contributed by atoms with Crippen LogP contribution in [0.5, 0.6) is 0 Å². The van der Waals surface area contributed by atoms with E-state index in [1.807, 2.05) is 0 Å². The summed E-state index contributed by atoms with van der Waals surface area (Å²) in [6.45, 7) is 0. The van der Waals surface area contributed by atoms with Crippen molar-refractivity contribution in [2.24, 2.45) is 0 Å². The lowest BCUT2D eigenvalue weighted by atomic mass is 10.0. The van der Waals surface area contributed by atoms with Gasteiger partial charge in [-0.05, 0) is 12.8 Å². The van der Waals surface area contributed by atoms with Gasteiger partial charge in [0.2, 0.25) is 0 Å². The first-order valence-corrected chi connectivity index (χ1v) is 4.79. The van der Waals surface area contributed by atoms with E-state index in [0.717, 1.165) is 12.8 Å². The summed E-state index contributed by atoms with van der Waals surface area (Å²) in [4.78, 5) is 17.6. The first-order chi connectivity index (χ1) is 4.30. The molecule has 0 aromatic rings. The van der Waals surface area contributed by atoms with Crippen molar-refractivity contribution >= 4 is 8.38 Å². The molecule has 1 aliphatic rings. The minimum atomic E-state index is -1.62. The van der Waals surface area contributed by atoms with Gasteiger partial charge in [0.25, 0.3) is 0 Å². The fourth-order valence-corrected chi connectivity index (χ4v) is 2.14. The maximum Gasteiger partial charge on any atom is 0.168 e. The van der Waals surface area contributed by atoms with E-state index in [1.54, 1.807) is 0 Å². The third kappa shape index (κ3) is 2.21. The Morgan fingerprint density at radius 1 is 1.00 bits per heavy atom. The van der Waals surface area contributed by atoms with Crippen molar-refractivity contribution in [3.05, 3.63) is 0 Å². The van der Waals surface area contributed by atoms with Crippen molar-refractivity contribution in [2.75, 3.05) is 0 Å². The predicted molar refractivity (Wildman–Crippen MR) is 38.2 cm³/mol. The predicted octanol–water partition coefficient (Wildman–Crippen LogP) is 1.62. The highest BCUT2D eigenvalue weighted by Crippen LogP contribution is 2.40. The summed E-state index contributed by atoms with van der Waals surface area (Å²) in [5.41, 5.74) is 0.230. The van der Waals surface area contributed by atoms with Gasteiger partial charge in [0.1, 0.15) is 0 Å². The van der Waals surface area contributed by atoms with Crippen LogP contribution in [0.15, 0.2) is 0 Å². The van der Waals surface area contributed by atoms with E-state index in [1.165, 1.54) is 19.3 Å². The Balaban J connectivity index is 2.23. The van der Waals surface area contributed by atoms with Gasteiger partial charge in [-0.3, -0.25) is 0 Å². The average Bonchev–Trinajstić information content (AvgIpc) is 1.90. The highest BCUT2D eigenvalue weighted by atomic mass is 31.2. The molecule has 1 rings (SSSR count). The Bertz CT molecular complexity index is 79.1. The molecule has 0 heterocycles. The lowest BCUT2D eigenvalue weighted by Crippen LogP contribution is -2.09. The smallest absolute Gasteiger partial charge is 0.168 e. The molecule has 54 valence electrons. The van der Waals surface area contributed by atoms with Crippen LogP contribution >= 0.6 is 8.38 Å². The molecule has 0 bridgehead atoms. The highest BCUT2D eigenvalue weighted by molar-refractivity contribution is 7.45. The molecule has 2 N–H and O–H groups in total. The standard InChI is InChI=1S/C6H13O2P/c7-9(8)6-4-2-1-3-5-6/h6-8H,1-5H2. The Kier molecular flexibility index (Phi) is 2.90. The summed E-state index contributed by atoms with van der Waals surface area (Å²) in [7, 11) is -1.62. The number of rotatable bonds is 1. The third-order valence-electron chi connectivity index (χ3n) is 1.90. The first-order valence-electron chi connectivity index (χ1n) is 3.47. The molecule has 9 heavy (non-hydrogen) atoms. The minimum absolute atomic E-state index is 0.230. The van der Waals surface area contributed by atoms with E-state index >= 15 is 0 Å². The zero-order valence-corrected chi connectivity index (χ0v) is 6.35. The van der Waals surface area contributed by atoms with Gasteiger partial charge in [-0.15, -0.1) is 0 Å². The van der Waals surface area contributed by atoms with Crippen LogP contribution in [0.25, 0.3) is 0 Å². The van der Waals surface area contributed by atoms with Gasteiger partial charge in [0.15, 0.2) is 8.38 Å². The Labute approximate surface area is 56.8 Å². The van der Waals surface area contributed by atoms with E-state index < -0.39 is 8.38 Å². The fourth-order valence-electron chi connectivity index (χ4n) is 1.31. The minimum Gasteiger partial charge on any atom is -0.350 e. The molecule has 0 spiro atoms. The van der Waals surface area contributed by atoms with Crippen LogP contribution in [0.1, 0.15) is 32.1 Å². The van der Waals surface area contributed by atoms with Crippen LogP contribution in [-0.2, 0) is 0 Å². The van der Waals surface area contributed by atoms with Crippen LogP contribution in [0, 0.1) is 0 Å². The summed E-state index contributed by atoms with van der Waals surface area (Å²) >= 11 is 0. The van der Waals surface area contributed by atoms with Crippen molar-refractivity contribution in [2.45, 2.75) is 37.8 Å². The molecule has 1 aliphatic carbocycles. The molecule has 0 saturated heterocycles. The van der Waals surface area contributed by atoms with Crippen LogP contribution in [-0.4, -0.2) is 15.4 Å². The van der Waals surface area contributed by atoms with E-state index in [9.17, 15) is 0 Å². The molecule has 0 aromatic heterocycles. The van der Waals surface area contributed by atoms with Gasteiger partial charge >= 0.3 is 0 Å². The zero-order valence-electron chi connectivity index (χ0n) is 5.45. The Morgan fingerprint density at radius 2 is 1.56 bits per heavy atom. The molecule has 0 aromatic carbocycles. The molecule has 0 atom stereocenters. The number of hydrogen-bond donors (Lipinski definition) is 2. The SMILES string of the molecule is OP(O)C1CCCCC1. The van der Waals surface area contributed by atoms with Crippen molar-refractivity contribution in [3.8, 4) is 0 Å². The Hall–Kier alpha value is 0.350. The topological polar surface area (TPSA) is 40.5 Å². The summed E-state index contributed by atoms with van der Waals surface area (Å²) in [6.07, 6.45) is 5.70. The maximum absolute atomic E-state index is 8.80. The monoisotopic (exact) mass is 148 g/mol. The van der Waals surface area contributed by atoms with Gasteiger partial charge in [-0.25, -0.2) is 0 Å². The average molecular weight is 148 g/mol. The van der Waals surface area contributed by atoms with Gasteiger partial charge in [0.05, 0.1) is 0 Å². The molecule has 0 unspecified atom stereocenters. The van der Waals surface area contributed by atoms with E-state index in [2.05, 4.69) is 0 Å². The molecular formula is C6H13O2P. The van der Waals surface area contributed by atoms with Gasteiger partial charge in [0, 0.05) is 5.66 Å². The second-order valence-electron chi connectivity index (χ2n) is 2.61. The van der Waals surface area contributed by atoms with Crippen LogP contribution < -0.4 is 0 Å². The molecular weight excluding hydrogens is 135 g/mol. The van der Waals surface area contributed by atoms with Gasteiger partial charge in [-0.2, -0.15) is 0 Å². The van der Waals surface area contributed by atoms with Crippen molar-refractivity contribution in [3.63, 3.8) is 0 Å². The Morgan fingerprint density at radius 3 is 1.89 bits per heavy atom. The molecule has 3 heteroatoms. The molecule has 2 nitrogen and oxygen atoms in total.